The molecule has 0 spiro atoms. The Hall–Kier alpha value is -1.49. The fraction of sp³-hybridized carbons (Fsp3) is 0.316. The summed E-state index contributed by atoms with van der Waals surface area (Å²) in [5.74, 6) is 1.25. The van der Waals surface area contributed by atoms with Crippen molar-refractivity contribution in [2.45, 2.75) is 18.3 Å². The SMILES string of the molecule is CO[C@](C)(CNC(=O)CSCc1ccccc1)c1cccc(Cl)c1. The van der Waals surface area contributed by atoms with Gasteiger partial charge < -0.3 is 10.1 Å². The Kier molecular flexibility index (Phi) is 7.16. The molecule has 0 unspecified atom stereocenters. The number of rotatable bonds is 8. The van der Waals surface area contributed by atoms with Gasteiger partial charge >= 0.3 is 0 Å². The van der Waals surface area contributed by atoms with Crippen molar-refractivity contribution in [3.8, 4) is 0 Å². The number of amides is 1. The molecule has 5 heteroatoms. The summed E-state index contributed by atoms with van der Waals surface area (Å²) in [7, 11) is 1.64. The molecule has 2 rings (SSSR count). The van der Waals surface area contributed by atoms with Crippen molar-refractivity contribution in [1.29, 1.82) is 0 Å². The Bertz CT molecular complexity index is 665. The summed E-state index contributed by atoms with van der Waals surface area (Å²) in [5.41, 5.74) is 1.55. The van der Waals surface area contributed by atoms with Crippen molar-refractivity contribution in [1.82, 2.24) is 5.32 Å². The third-order valence-electron chi connectivity index (χ3n) is 3.85. The molecule has 1 N–H and O–H groups in total. The minimum atomic E-state index is -0.606. The first-order chi connectivity index (χ1) is 11.5. The first kappa shape index (κ1) is 18.8. The number of carbonyl (C=O) groups excluding carboxylic acids is 1. The van der Waals surface area contributed by atoms with Crippen LogP contribution >= 0.6 is 23.4 Å². The van der Waals surface area contributed by atoms with E-state index >= 15 is 0 Å². The monoisotopic (exact) mass is 363 g/mol. The van der Waals surface area contributed by atoms with Crippen molar-refractivity contribution >= 4 is 29.3 Å². The quantitative estimate of drug-likeness (QED) is 0.761. The van der Waals surface area contributed by atoms with Crippen molar-refractivity contribution in [3.05, 3.63) is 70.7 Å². The highest BCUT2D eigenvalue weighted by atomic mass is 35.5. The number of halogens is 1. The van der Waals surface area contributed by atoms with Gasteiger partial charge in [0, 0.05) is 17.9 Å². The number of carbonyl (C=O) groups is 1. The number of benzene rings is 2. The standard InChI is InChI=1S/C19H22ClNO2S/c1-19(23-2,16-9-6-10-17(20)11-16)14-21-18(22)13-24-12-15-7-4-3-5-8-15/h3-11H,12-14H2,1-2H3,(H,21,22)/t19-/m1/s1. The smallest absolute Gasteiger partial charge is 0.230 e. The van der Waals surface area contributed by atoms with Gasteiger partial charge in [-0.15, -0.1) is 11.8 Å². The fourth-order valence-electron chi connectivity index (χ4n) is 2.26. The lowest BCUT2D eigenvalue weighted by Crippen LogP contribution is -2.40. The predicted octanol–water partition coefficient (Wildman–Crippen LogP) is 4.25. The predicted molar refractivity (Wildman–Crippen MR) is 101 cm³/mol. The zero-order valence-electron chi connectivity index (χ0n) is 13.9. The third-order valence-corrected chi connectivity index (χ3v) is 5.09. The zero-order valence-corrected chi connectivity index (χ0v) is 15.5. The van der Waals surface area contributed by atoms with Gasteiger partial charge in [0.2, 0.25) is 5.91 Å². The molecule has 0 saturated heterocycles. The van der Waals surface area contributed by atoms with Crippen LogP contribution in [0.5, 0.6) is 0 Å². The van der Waals surface area contributed by atoms with Gasteiger partial charge in [0.1, 0.15) is 5.60 Å². The van der Waals surface area contributed by atoms with E-state index in [1.165, 1.54) is 5.56 Å². The molecule has 2 aromatic carbocycles. The van der Waals surface area contributed by atoms with Crippen molar-refractivity contribution in [2.75, 3.05) is 19.4 Å². The highest BCUT2D eigenvalue weighted by molar-refractivity contribution is 7.99. The number of hydrogen-bond acceptors (Lipinski definition) is 3. The second-order valence-corrected chi connectivity index (χ2v) is 7.12. The molecule has 0 aliphatic heterocycles. The first-order valence-corrected chi connectivity index (χ1v) is 9.26. The van der Waals surface area contributed by atoms with Gasteiger partial charge in [0.15, 0.2) is 0 Å². The minimum absolute atomic E-state index is 0.00114. The van der Waals surface area contributed by atoms with Crippen molar-refractivity contribution in [3.63, 3.8) is 0 Å². The topological polar surface area (TPSA) is 38.3 Å². The normalized spacial score (nSPS) is 13.3. The zero-order chi connectivity index (χ0) is 17.4. The van der Waals surface area contributed by atoms with E-state index in [0.29, 0.717) is 17.3 Å². The Morgan fingerprint density at radius 3 is 2.62 bits per heavy atom. The Morgan fingerprint density at radius 2 is 1.96 bits per heavy atom. The van der Waals surface area contributed by atoms with Gasteiger partial charge in [0.05, 0.1) is 12.3 Å². The lowest BCUT2D eigenvalue weighted by molar-refractivity contribution is -0.120. The molecular weight excluding hydrogens is 342 g/mol. The van der Waals surface area contributed by atoms with Crippen LogP contribution in [0.25, 0.3) is 0 Å². The van der Waals surface area contributed by atoms with Crippen LogP contribution in [0.2, 0.25) is 5.02 Å². The van der Waals surface area contributed by atoms with Gasteiger partial charge in [-0.25, -0.2) is 0 Å². The van der Waals surface area contributed by atoms with Gasteiger partial charge in [0.25, 0.3) is 0 Å². The molecule has 3 nitrogen and oxygen atoms in total. The highest BCUT2D eigenvalue weighted by Crippen LogP contribution is 2.26. The number of ether oxygens (including phenoxy) is 1. The van der Waals surface area contributed by atoms with Crippen LogP contribution in [-0.2, 0) is 20.9 Å². The average molecular weight is 364 g/mol. The lowest BCUT2D eigenvalue weighted by Gasteiger charge is -2.29. The first-order valence-electron chi connectivity index (χ1n) is 7.73. The van der Waals surface area contributed by atoms with Crippen LogP contribution in [0, 0.1) is 0 Å². The Labute approximate surface area is 152 Å². The maximum Gasteiger partial charge on any atom is 0.230 e. The van der Waals surface area contributed by atoms with Gasteiger partial charge in [-0.05, 0) is 30.2 Å². The van der Waals surface area contributed by atoms with Crippen LogP contribution in [-0.4, -0.2) is 25.3 Å². The molecule has 24 heavy (non-hydrogen) atoms. The molecule has 2 aromatic rings. The molecular formula is C19H22ClNO2S. The van der Waals surface area contributed by atoms with Crippen molar-refractivity contribution in [2.24, 2.45) is 0 Å². The van der Waals surface area contributed by atoms with E-state index in [1.54, 1.807) is 18.9 Å². The summed E-state index contributed by atoms with van der Waals surface area (Å²) in [5, 5.41) is 3.60. The van der Waals surface area contributed by atoms with Crippen molar-refractivity contribution < 1.29 is 9.53 Å². The van der Waals surface area contributed by atoms with Crippen LogP contribution in [0.4, 0.5) is 0 Å². The lowest BCUT2D eigenvalue weighted by atomic mass is 9.95. The van der Waals surface area contributed by atoms with Crippen LogP contribution in [0.1, 0.15) is 18.1 Å². The molecule has 128 valence electrons. The fourth-order valence-corrected chi connectivity index (χ4v) is 3.27. The number of nitrogens with one attached hydrogen (secondary N) is 1. The molecule has 0 fully saturated rings. The molecule has 0 radical (unpaired) electrons. The Morgan fingerprint density at radius 1 is 1.21 bits per heavy atom. The summed E-state index contributed by atoms with van der Waals surface area (Å²) < 4.78 is 5.62. The summed E-state index contributed by atoms with van der Waals surface area (Å²) >= 11 is 7.65. The number of hydrogen-bond donors (Lipinski definition) is 1. The van der Waals surface area contributed by atoms with Crippen LogP contribution < -0.4 is 5.32 Å². The molecule has 1 amide bonds. The van der Waals surface area contributed by atoms with Crippen LogP contribution in [0.15, 0.2) is 54.6 Å². The summed E-state index contributed by atoms with van der Waals surface area (Å²) in [6.07, 6.45) is 0. The van der Waals surface area contributed by atoms with Gasteiger partial charge in [-0.2, -0.15) is 0 Å². The molecule has 0 aliphatic carbocycles. The third kappa shape index (κ3) is 5.55. The summed E-state index contributed by atoms with van der Waals surface area (Å²) in [4.78, 5) is 12.1. The summed E-state index contributed by atoms with van der Waals surface area (Å²) in [6.45, 7) is 2.34. The van der Waals surface area contributed by atoms with E-state index in [1.807, 2.05) is 49.4 Å². The van der Waals surface area contributed by atoms with Crippen LogP contribution in [0.3, 0.4) is 0 Å². The van der Waals surface area contributed by atoms with E-state index in [4.69, 9.17) is 16.3 Å². The average Bonchev–Trinajstić information content (AvgIpc) is 2.60. The van der Waals surface area contributed by atoms with Gasteiger partial charge in [-0.3, -0.25) is 4.79 Å². The highest BCUT2D eigenvalue weighted by Gasteiger charge is 2.27. The molecule has 0 saturated carbocycles. The second kappa shape index (κ2) is 9.11. The largest absolute Gasteiger partial charge is 0.372 e. The molecule has 0 aromatic heterocycles. The molecule has 0 heterocycles. The number of thioether (sulfide) groups is 1. The van der Waals surface area contributed by atoms with E-state index in [-0.39, 0.29) is 5.91 Å². The van der Waals surface area contributed by atoms with E-state index in [2.05, 4.69) is 17.4 Å². The minimum Gasteiger partial charge on any atom is -0.372 e. The molecule has 0 aliphatic rings. The van der Waals surface area contributed by atoms with E-state index in [9.17, 15) is 4.79 Å². The summed E-state index contributed by atoms with van der Waals surface area (Å²) in [6, 6.07) is 17.6. The molecule has 1 atom stereocenters. The van der Waals surface area contributed by atoms with E-state index in [0.717, 1.165) is 11.3 Å². The van der Waals surface area contributed by atoms with Gasteiger partial charge in [-0.1, -0.05) is 54.1 Å². The number of methoxy groups -OCH3 is 1. The maximum absolute atomic E-state index is 12.1. The molecule has 0 bridgehead atoms. The Balaban J connectivity index is 1.83. The maximum atomic E-state index is 12.1. The van der Waals surface area contributed by atoms with E-state index < -0.39 is 5.60 Å². The second-order valence-electron chi connectivity index (χ2n) is 5.70.